The summed E-state index contributed by atoms with van der Waals surface area (Å²) < 4.78 is 0. The molecule has 1 aliphatic carbocycles. The Bertz CT molecular complexity index is 541. The monoisotopic (exact) mass is 277 g/mol. The van der Waals surface area contributed by atoms with Crippen molar-refractivity contribution in [1.82, 2.24) is 4.90 Å². The molecule has 0 atom stereocenters. The molecule has 1 heterocycles. The van der Waals surface area contributed by atoms with E-state index in [2.05, 4.69) is 5.92 Å². The van der Waals surface area contributed by atoms with Crippen LogP contribution in [0.4, 0.5) is 0 Å². The van der Waals surface area contributed by atoms with Crippen LogP contribution < -0.4 is 0 Å². The minimum Gasteiger partial charge on any atom is -0.480 e. The highest BCUT2D eigenvalue weighted by Gasteiger charge is 2.24. The summed E-state index contributed by atoms with van der Waals surface area (Å²) in [6, 6.07) is 0. The molecule has 1 amide bonds. The Balaban J connectivity index is 2.24. The van der Waals surface area contributed by atoms with Gasteiger partial charge >= 0.3 is 5.97 Å². The van der Waals surface area contributed by atoms with Crippen molar-refractivity contribution in [3.8, 4) is 12.3 Å². The largest absolute Gasteiger partial charge is 0.480 e. The van der Waals surface area contributed by atoms with Crippen LogP contribution in [-0.4, -0.2) is 35.0 Å². The van der Waals surface area contributed by atoms with Crippen molar-refractivity contribution < 1.29 is 14.7 Å². The van der Waals surface area contributed by atoms with E-state index in [1.807, 2.05) is 5.38 Å². The van der Waals surface area contributed by atoms with Crippen molar-refractivity contribution >= 4 is 23.2 Å². The number of carboxylic acid groups (broad SMARTS) is 1. The Morgan fingerprint density at radius 2 is 2.16 bits per heavy atom. The summed E-state index contributed by atoms with van der Waals surface area (Å²) in [7, 11) is 0. The lowest BCUT2D eigenvalue weighted by Gasteiger charge is -2.19. The van der Waals surface area contributed by atoms with Crippen LogP contribution >= 0.6 is 11.3 Å². The van der Waals surface area contributed by atoms with Gasteiger partial charge in [-0.3, -0.25) is 9.59 Å². The summed E-state index contributed by atoms with van der Waals surface area (Å²) in [6.07, 6.45) is 9.35. The third-order valence-corrected chi connectivity index (χ3v) is 4.28. The lowest BCUT2D eigenvalue weighted by atomic mass is 9.95. The van der Waals surface area contributed by atoms with Gasteiger partial charge in [-0.25, -0.2) is 0 Å². The first-order valence-electron chi connectivity index (χ1n) is 6.17. The topological polar surface area (TPSA) is 57.6 Å². The van der Waals surface area contributed by atoms with Gasteiger partial charge in [0.15, 0.2) is 0 Å². The lowest BCUT2D eigenvalue weighted by molar-refractivity contribution is -0.137. The molecule has 0 bridgehead atoms. The fourth-order valence-corrected chi connectivity index (χ4v) is 3.44. The molecule has 0 saturated heterocycles. The van der Waals surface area contributed by atoms with Crippen molar-refractivity contribution in [3.63, 3.8) is 0 Å². The van der Waals surface area contributed by atoms with E-state index in [-0.39, 0.29) is 19.0 Å². The predicted octanol–water partition coefficient (Wildman–Crippen LogP) is 1.79. The fourth-order valence-electron chi connectivity index (χ4n) is 2.32. The maximum atomic E-state index is 12.4. The highest BCUT2D eigenvalue weighted by Crippen LogP contribution is 2.30. The second kappa shape index (κ2) is 5.89. The van der Waals surface area contributed by atoms with E-state index >= 15 is 0 Å². The molecule has 0 unspecified atom stereocenters. The number of carbonyl (C=O) groups excluding carboxylic acids is 1. The Morgan fingerprint density at radius 1 is 1.42 bits per heavy atom. The summed E-state index contributed by atoms with van der Waals surface area (Å²) in [5, 5.41) is 10.7. The number of rotatable bonds is 4. The molecule has 0 aliphatic heterocycles. The maximum Gasteiger partial charge on any atom is 0.323 e. The summed E-state index contributed by atoms with van der Waals surface area (Å²) in [6.45, 7) is -0.330. The predicted molar refractivity (Wildman–Crippen MR) is 73.3 cm³/mol. The summed E-state index contributed by atoms with van der Waals surface area (Å²) in [5.41, 5.74) is 1.73. The van der Waals surface area contributed by atoms with Crippen molar-refractivity contribution in [2.24, 2.45) is 0 Å². The molecule has 1 aromatic heterocycles. The van der Waals surface area contributed by atoms with Gasteiger partial charge in [-0.2, -0.15) is 0 Å². The molecule has 0 aromatic carbocycles. The first-order valence-corrected chi connectivity index (χ1v) is 7.05. The molecule has 100 valence electrons. The van der Waals surface area contributed by atoms with Gasteiger partial charge in [-0.15, -0.1) is 17.8 Å². The number of hydrogen-bond acceptors (Lipinski definition) is 3. The molecule has 0 radical (unpaired) electrons. The van der Waals surface area contributed by atoms with Crippen molar-refractivity contribution in [2.75, 3.05) is 13.1 Å². The van der Waals surface area contributed by atoms with E-state index < -0.39 is 5.97 Å². The minimum atomic E-state index is -1.05. The highest BCUT2D eigenvalue weighted by atomic mass is 32.1. The Morgan fingerprint density at radius 3 is 2.84 bits per heavy atom. The quantitative estimate of drug-likeness (QED) is 0.854. The lowest BCUT2D eigenvalue weighted by Crippen LogP contribution is -2.36. The zero-order chi connectivity index (χ0) is 13.8. The molecular formula is C14H15NO3S. The van der Waals surface area contributed by atoms with Crippen LogP contribution in [0.2, 0.25) is 0 Å². The van der Waals surface area contributed by atoms with Crippen LogP contribution in [0.15, 0.2) is 5.38 Å². The number of amides is 1. The average molecular weight is 277 g/mol. The summed E-state index contributed by atoms with van der Waals surface area (Å²) >= 11 is 1.59. The molecule has 1 N–H and O–H groups in total. The number of nitrogens with zero attached hydrogens (tertiary/aromatic N) is 1. The van der Waals surface area contributed by atoms with Gasteiger partial charge < -0.3 is 10.0 Å². The molecule has 1 aliphatic rings. The summed E-state index contributed by atoms with van der Waals surface area (Å²) in [4.78, 5) is 25.6. The molecule has 2 rings (SSSR count). The zero-order valence-corrected chi connectivity index (χ0v) is 11.3. The molecule has 0 spiro atoms. The Hall–Kier alpha value is -1.80. The third kappa shape index (κ3) is 2.96. The highest BCUT2D eigenvalue weighted by molar-refractivity contribution is 7.10. The van der Waals surface area contributed by atoms with Gasteiger partial charge in [0, 0.05) is 10.3 Å². The number of carboxylic acids is 1. The first kappa shape index (κ1) is 13.6. The van der Waals surface area contributed by atoms with E-state index in [0.29, 0.717) is 5.56 Å². The number of terminal acetylenes is 1. The first-order chi connectivity index (χ1) is 9.13. The number of carbonyl (C=O) groups is 2. The van der Waals surface area contributed by atoms with Gasteiger partial charge in [-0.05, 0) is 31.2 Å². The number of hydrogen-bond donors (Lipinski definition) is 1. The number of fused-ring (bicyclic) bond motifs is 1. The second-order valence-corrected chi connectivity index (χ2v) is 5.48. The molecule has 5 heteroatoms. The molecular weight excluding hydrogens is 262 g/mol. The molecule has 4 nitrogen and oxygen atoms in total. The van der Waals surface area contributed by atoms with Crippen LogP contribution in [-0.2, 0) is 17.6 Å². The van der Waals surface area contributed by atoms with Gasteiger partial charge in [0.1, 0.15) is 6.54 Å². The normalized spacial score (nSPS) is 13.4. The van der Waals surface area contributed by atoms with E-state index in [1.54, 1.807) is 11.3 Å². The van der Waals surface area contributed by atoms with Crippen LogP contribution in [0.1, 0.15) is 33.6 Å². The molecule has 0 fully saturated rings. The Labute approximate surface area is 116 Å². The SMILES string of the molecule is C#CCN(CC(=O)O)C(=O)c1csc2c1CCCC2. The van der Waals surface area contributed by atoms with Crippen LogP contribution in [0.5, 0.6) is 0 Å². The maximum absolute atomic E-state index is 12.4. The second-order valence-electron chi connectivity index (χ2n) is 4.52. The molecule has 19 heavy (non-hydrogen) atoms. The number of aryl methyl sites for hydroxylation is 1. The van der Waals surface area contributed by atoms with Gasteiger partial charge in [0.05, 0.1) is 12.1 Å². The molecule has 0 saturated carbocycles. The van der Waals surface area contributed by atoms with Gasteiger partial charge in [-0.1, -0.05) is 5.92 Å². The van der Waals surface area contributed by atoms with E-state index in [0.717, 1.165) is 31.2 Å². The number of aliphatic carboxylic acids is 1. The third-order valence-electron chi connectivity index (χ3n) is 3.19. The average Bonchev–Trinajstić information content (AvgIpc) is 2.80. The summed E-state index contributed by atoms with van der Waals surface area (Å²) in [5.74, 6) is 1.03. The van der Waals surface area contributed by atoms with Crippen molar-refractivity contribution in [2.45, 2.75) is 25.7 Å². The van der Waals surface area contributed by atoms with Gasteiger partial charge in [0.2, 0.25) is 0 Å². The van der Waals surface area contributed by atoms with Crippen LogP contribution in [0.25, 0.3) is 0 Å². The van der Waals surface area contributed by atoms with E-state index in [4.69, 9.17) is 11.5 Å². The Kier molecular flexibility index (Phi) is 4.23. The van der Waals surface area contributed by atoms with E-state index in [1.165, 1.54) is 9.78 Å². The standard InChI is InChI=1S/C14H15NO3S/c1-2-7-15(8-13(16)17)14(18)11-9-19-12-6-4-3-5-10(11)12/h1,9H,3-8H2,(H,16,17). The minimum absolute atomic E-state index is 0.0236. The van der Waals surface area contributed by atoms with E-state index in [9.17, 15) is 9.59 Å². The van der Waals surface area contributed by atoms with Crippen LogP contribution in [0.3, 0.4) is 0 Å². The zero-order valence-electron chi connectivity index (χ0n) is 10.5. The number of thiophene rings is 1. The van der Waals surface area contributed by atoms with Gasteiger partial charge in [0.25, 0.3) is 5.91 Å². The van der Waals surface area contributed by atoms with Crippen molar-refractivity contribution in [3.05, 3.63) is 21.4 Å². The van der Waals surface area contributed by atoms with Crippen LogP contribution in [0, 0.1) is 12.3 Å². The smallest absolute Gasteiger partial charge is 0.323 e. The molecule has 1 aromatic rings. The fraction of sp³-hybridized carbons (Fsp3) is 0.429. The van der Waals surface area contributed by atoms with Crippen molar-refractivity contribution in [1.29, 1.82) is 0 Å².